The maximum Gasteiger partial charge on any atom is 0.0866 e. The second kappa shape index (κ2) is 7.08. The summed E-state index contributed by atoms with van der Waals surface area (Å²) in [5.41, 5.74) is 0. The number of hydrogen-bond donors (Lipinski definition) is 2. The minimum Gasteiger partial charge on any atom is -0.396 e. The minimum atomic E-state index is 0.264. The molecule has 2 atom stereocenters. The van der Waals surface area contributed by atoms with Gasteiger partial charge in [0, 0.05) is 25.7 Å². The first kappa shape index (κ1) is 13.8. The number of hydrogen-bond acceptors (Lipinski definition) is 4. The highest BCUT2D eigenvalue weighted by atomic mass is 16.3. The number of rotatable bonds is 6. The molecule has 4 nitrogen and oxygen atoms in total. The van der Waals surface area contributed by atoms with Crippen LogP contribution in [0.15, 0.2) is 0 Å². The number of nitrogens with one attached hydrogen (secondary N) is 1. The molecule has 1 aliphatic heterocycles. The molecule has 2 rings (SSSR count). The lowest BCUT2D eigenvalue weighted by Gasteiger charge is -2.38. The van der Waals surface area contributed by atoms with Gasteiger partial charge < -0.3 is 10.4 Å². The van der Waals surface area contributed by atoms with Gasteiger partial charge in [-0.15, -0.1) is 0 Å². The van der Waals surface area contributed by atoms with Crippen molar-refractivity contribution >= 4 is 0 Å². The predicted molar refractivity (Wildman–Crippen MR) is 71.0 cm³/mol. The molecule has 1 aliphatic carbocycles. The summed E-state index contributed by atoms with van der Waals surface area (Å²) >= 11 is 0. The summed E-state index contributed by atoms with van der Waals surface area (Å²) in [6.45, 7) is 3.87. The first-order valence-corrected chi connectivity index (χ1v) is 7.25. The maximum atomic E-state index is 9.08. The third-order valence-corrected chi connectivity index (χ3v) is 4.36. The number of aliphatic hydroxyl groups excluding tert-OH is 1. The van der Waals surface area contributed by atoms with Gasteiger partial charge in [0.25, 0.3) is 0 Å². The summed E-state index contributed by atoms with van der Waals surface area (Å²) in [6, 6.07) is 2.75. The smallest absolute Gasteiger partial charge is 0.0866 e. The van der Waals surface area contributed by atoms with E-state index in [0.29, 0.717) is 18.5 Å². The molecule has 2 unspecified atom stereocenters. The van der Waals surface area contributed by atoms with Crippen LogP contribution in [-0.4, -0.2) is 48.8 Å². The van der Waals surface area contributed by atoms with Crippen molar-refractivity contribution in [2.75, 3.05) is 32.8 Å². The van der Waals surface area contributed by atoms with Crippen molar-refractivity contribution in [3.63, 3.8) is 0 Å². The molecule has 0 aromatic rings. The van der Waals surface area contributed by atoms with Crippen LogP contribution in [0.3, 0.4) is 0 Å². The number of likely N-dealkylation sites (tertiary alicyclic amines) is 1. The average molecular weight is 251 g/mol. The fraction of sp³-hybridized carbons (Fsp3) is 0.929. The highest BCUT2D eigenvalue weighted by Crippen LogP contribution is 2.26. The number of aliphatic hydroxyl groups is 1. The van der Waals surface area contributed by atoms with Crippen LogP contribution in [0.1, 0.15) is 32.1 Å². The summed E-state index contributed by atoms with van der Waals surface area (Å²) in [5, 5.41) is 21.6. The normalized spacial score (nSPS) is 29.8. The Morgan fingerprint density at radius 1 is 1.28 bits per heavy atom. The largest absolute Gasteiger partial charge is 0.396 e. The molecular formula is C14H25N3O. The van der Waals surface area contributed by atoms with Crippen molar-refractivity contribution in [1.82, 2.24) is 10.2 Å². The van der Waals surface area contributed by atoms with Crippen molar-refractivity contribution in [3.05, 3.63) is 0 Å². The molecule has 0 bridgehead atoms. The van der Waals surface area contributed by atoms with Gasteiger partial charge in [0.1, 0.15) is 0 Å². The van der Waals surface area contributed by atoms with E-state index in [1.165, 1.54) is 19.3 Å². The van der Waals surface area contributed by atoms with Gasteiger partial charge in [-0.25, -0.2) is 0 Å². The zero-order valence-corrected chi connectivity index (χ0v) is 11.1. The van der Waals surface area contributed by atoms with Crippen molar-refractivity contribution in [1.29, 1.82) is 5.26 Å². The Bertz CT molecular complexity index is 285. The van der Waals surface area contributed by atoms with Gasteiger partial charge in [0.15, 0.2) is 0 Å². The molecule has 0 radical (unpaired) electrons. The molecule has 0 amide bonds. The highest BCUT2D eigenvalue weighted by Gasteiger charge is 2.27. The Labute approximate surface area is 110 Å². The van der Waals surface area contributed by atoms with Gasteiger partial charge in [0.2, 0.25) is 0 Å². The molecule has 4 heteroatoms. The second-order valence-corrected chi connectivity index (χ2v) is 5.87. The number of nitrogens with zero attached hydrogens (tertiary/aromatic N) is 2. The third kappa shape index (κ3) is 3.94. The summed E-state index contributed by atoms with van der Waals surface area (Å²) in [5.74, 6) is 1.42. The van der Waals surface area contributed by atoms with Crippen LogP contribution in [0.4, 0.5) is 0 Å². The molecule has 0 spiro atoms. The Kier molecular flexibility index (Phi) is 5.43. The van der Waals surface area contributed by atoms with Crippen LogP contribution in [0.5, 0.6) is 0 Å². The molecular weight excluding hydrogens is 226 g/mol. The first-order valence-electron chi connectivity index (χ1n) is 7.25. The lowest BCUT2D eigenvalue weighted by molar-refractivity contribution is 0.127. The lowest BCUT2D eigenvalue weighted by Crippen LogP contribution is -2.50. The van der Waals surface area contributed by atoms with Crippen molar-refractivity contribution < 1.29 is 5.11 Å². The van der Waals surface area contributed by atoms with Crippen LogP contribution in [-0.2, 0) is 0 Å². The molecule has 0 aromatic heterocycles. The van der Waals surface area contributed by atoms with Gasteiger partial charge in [-0.1, -0.05) is 6.42 Å². The van der Waals surface area contributed by atoms with Gasteiger partial charge in [-0.3, -0.25) is 4.90 Å². The zero-order chi connectivity index (χ0) is 12.8. The summed E-state index contributed by atoms with van der Waals surface area (Å²) in [4.78, 5) is 2.22. The van der Waals surface area contributed by atoms with Gasteiger partial charge in [-0.05, 0) is 44.1 Å². The van der Waals surface area contributed by atoms with Crippen LogP contribution in [0, 0.1) is 23.2 Å². The van der Waals surface area contributed by atoms with E-state index in [2.05, 4.69) is 16.3 Å². The Morgan fingerprint density at radius 3 is 2.72 bits per heavy atom. The lowest BCUT2D eigenvalue weighted by atomic mass is 9.84. The third-order valence-electron chi connectivity index (χ3n) is 4.36. The van der Waals surface area contributed by atoms with E-state index in [0.717, 1.165) is 38.4 Å². The monoisotopic (exact) mass is 251 g/mol. The molecule has 102 valence electrons. The van der Waals surface area contributed by atoms with E-state index in [1.807, 2.05) is 0 Å². The molecule has 2 N–H and O–H groups in total. The number of piperidine rings is 1. The first-order chi connectivity index (χ1) is 8.81. The average Bonchev–Trinajstić information content (AvgIpc) is 2.27. The molecule has 1 heterocycles. The SMILES string of the molecule is N#CCN1CC(CCO)CC(NCC2CCC2)C1. The molecule has 0 aromatic carbocycles. The van der Waals surface area contributed by atoms with E-state index in [-0.39, 0.29) is 6.61 Å². The quantitative estimate of drug-likeness (QED) is 0.691. The van der Waals surface area contributed by atoms with E-state index < -0.39 is 0 Å². The van der Waals surface area contributed by atoms with E-state index >= 15 is 0 Å². The Balaban J connectivity index is 1.77. The standard InChI is InChI=1S/C14H25N3O/c15-5-6-17-10-13(4-7-18)8-14(11-17)16-9-12-2-1-3-12/h12-14,16,18H,1-4,6-11H2. The highest BCUT2D eigenvalue weighted by molar-refractivity contribution is 4.88. The van der Waals surface area contributed by atoms with E-state index in [1.54, 1.807) is 0 Å². The van der Waals surface area contributed by atoms with Crippen LogP contribution >= 0.6 is 0 Å². The van der Waals surface area contributed by atoms with Gasteiger partial charge in [-0.2, -0.15) is 5.26 Å². The van der Waals surface area contributed by atoms with Crippen LogP contribution in [0.2, 0.25) is 0 Å². The molecule has 2 aliphatic rings. The molecule has 1 saturated heterocycles. The van der Waals surface area contributed by atoms with Crippen molar-refractivity contribution in [2.24, 2.45) is 11.8 Å². The van der Waals surface area contributed by atoms with Crippen molar-refractivity contribution in [2.45, 2.75) is 38.1 Å². The minimum absolute atomic E-state index is 0.264. The van der Waals surface area contributed by atoms with Crippen LogP contribution in [0.25, 0.3) is 0 Å². The zero-order valence-electron chi connectivity index (χ0n) is 11.1. The van der Waals surface area contributed by atoms with E-state index in [4.69, 9.17) is 10.4 Å². The number of nitriles is 1. The fourth-order valence-corrected chi connectivity index (χ4v) is 3.10. The predicted octanol–water partition coefficient (Wildman–Crippen LogP) is 0.973. The van der Waals surface area contributed by atoms with Crippen LogP contribution < -0.4 is 5.32 Å². The molecule has 1 saturated carbocycles. The second-order valence-electron chi connectivity index (χ2n) is 5.87. The van der Waals surface area contributed by atoms with Crippen molar-refractivity contribution in [3.8, 4) is 6.07 Å². The Morgan fingerprint density at radius 2 is 2.11 bits per heavy atom. The van der Waals surface area contributed by atoms with E-state index in [9.17, 15) is 0 Å². The Hall–Kier alpha value is -0.630. The maximum absolute atomic E-state index is 9.08. The summed E-state index contributed by atoms with van der Waals surface area (Å²) in [6.07, 6.45) is 6.16. The summed E-state index contributed by atoms with van der Waals surface area (Å²) in [7, 11) is 0. The molecule has 18 heavy (non-hydrogen) atoms. The van der Waals surface area contributed by atoms with Gasteiger partial charge in [0.05, 0.1) is 12.6 Å². The summed E-state index contributed by atoms with van der Waals surface area (Å²) < 4.78 is 0. The topological polar surface area (TPSA) is 59.3 Å². The van der Waals surface area contributed by atoms with Gasteiger partial charge >= 0.3 is 0 Å². The molecule has 2 fully saturated rings. The fourth-order valence-electron chi connectivity index (χ4n) is 3.10.